The lowest BCUT2D eigenvalue weighted by molar-refractivity contribution is -0.136. The van der Waals surface area contributed by atoms with E-state index in [4.69, 9.17) is 16.3 Å². The van der Waals surface area contributed by atoms with Crippen molar-refractivity contribution in [2.24, 2.45) is 5.10 Å². The quantitative estimate of drug-likeness (QED) is 0.216. The van der Waals surface area contributed by atoms with Crippen LogP contribution in [0.2, 0.25) is 5.02 Å². The maximum Gasteiger partial charge on any atom is 0.343 e. The maximum atomic E-state index is 12.3. The molecule has 0 aliphatic carbocycles. The third-order valence-electron chi connectivity index (χ3n) is 3.81. The molecule has 3 rings (SSSR count). The number of ether oxygens (including phenoxy) is 1. The molecule has 0 bridgehead atoms. The highest BCUT2D eigenvalue weighted by molar-refractivity contribution is 6.39. The largest absolute Gasteiger partial charge is 0.422 e. The van der Waals surface area contributed by atoms with Gasteiger partial charge in [0.15, 0.2) is 0 Å². The van der Waals surface area contributed by atoms with E-state index in [0.717, 1.165) is 0 Å². The molecule has 150 valence electrons. The lowest BCUT2D eigenvalue weighted by Crippen LogP contribution is -2.32. The molecule has 3 aromatic rings. The number of para-hydroxylation sites is 2. The van der Waals surface area contributed by atoms with E-state index in [1.165, 1.54) is 6.21 Å². The monoisotopic (exact) mass is 421 g/mol. The number of carbonyl (C=O) groups is 3. The van der Waals surface area contributed by atoms with E-state index < -0.39 is 17.8 Å². The summed E-state index contributed by atoms with van der Waals surface area (Å²) >= 11 is 5.82. The summed E-state index contributed by atoms with van der Waals surface area (Å²) in [4.78, 5) is 36.0. The molecular weight excluding hydrogens is 406 g/mol. The van der Waals surface area contributed by atoms with Gasteiger partial charge in [0.05, 0.1) is 11.8 Å². The van der Waals surface area contributed by atoms with Crippen molar-refractivity contribution in [2.75, 3.05) is 5.32 Å². The first-order valence-electron chi connectivity index (χ1n) is 8.79. The van der Waals surface area contributed by atoms with Gasteiger partial charge in [0.25, 0.3) is 0 Å². The van der Waals surface area contributed by atoms with Gasteiger partial charge in [-0.05, 0) is 48.5 Å². The lowest BCUT2D eigenvalue weighted by Gasteiger charge is -2.07. The molecule has 0 atom stereocenters. The summed E-state index contributed by atoms with van der Waals surface area (Å²) in [6, 6.07) is 21.4. The second-order valence-electron chi connectivity index (χ2n) is 5.95. The van der Waals surface area contributed by atoms with Crippen LogP contribution in [-0.2, 0) is 9.59 Å². The summed E-state index contributed by atoms with van der Waals surface area (Å²) in [5.41, 5.74) is 3.38. The van der Waals surface area contributed by atoms with Gasteiger partial charge in [-0.1, -0.05) is 41.9 Å². The van der Waals surface area contributed by atoms with Crippen molar-refractivity contribution in [1.29, 1.82) is 0 Å². The number of nitrogens with one attached hydrogen (secondary N) is 2. The van der Waals surface area contributed by atoms with Crippen LogP contribution in [0.1, 0.15) is 15.9 Å². The highest BCUT2D eigenvalue weighted by Gasteiger charge is 2.13. The molecule has 2 amide bonds. The van der Waals surface area contributed by atoms with Gasteiger partial charge < -0.3 is 10.1 Å². The molecule has 8 heteroatoms. The van der Waals surface area contributed by atoms with Crippen LogP contribution in [0.25, 0.3) is 0 Å². The Kier molecular flexibility index (Phi) is 6.91. The van der Waals surface area contributed by atoms with Crippen molar-refractivity contribution in [3.05, 3.63) is 95.0 Å². The minimum Gasteiger partial charge on any atom is -0.422 e. The van der Waals surface area contributed by atoms with E-state index in [9.17, 15) is 14.4 Å². The number of anilines is 1. The van der Waals surface area contributed by atoms with Crippen molar-refractivity contribution in [1.82, 2.24) is 5.43 Å². The predicted octanol–water partition coefficient (Wildman–Crippen LogP) is 3.65. The van der Waals surface area contributed by atoms with E-state index in [2.05, 4.69) is 15.8 Å². The van der Waals surface area contributed by atoms with Crippen LogP contribution >= 0.6 is 11.6 Å². The highest BCUT2D eigenvalue weighted by atomic mass is 35.5. The Balaban J connectivity index is 1.62. The van der Waals surface area contributed by atoms with Crippen molar-refractivity contribution in [3.8, 4) is 5.75 Å². The molecule has 0 heterocycles. The Bertz CT molecular complexity index is 1080. The van der Waals surface area contributed by atoms with Gasteiger partial charge in [-0.25, -0.2) is 10.2 Å². The first-order valence-corrected chi connectivity index (χ1v) is 9.17. The molecule has 2 N–H and O–H groups in total. The molecule has 0 radical (unpaired) electrons. The summed E-state index contributed by atoms with van der Waals surface area (Å²) in [6.45, 7) is 0. The number of hydrazone groups is 1. The SMILES string of the molecule is O=C(N/N=C/c1ccccc1OC(=O)c1ccc(Cl)cc1)C(=O)Nc1ccccc1. The van der Waals surface area contributed by atoms with Crippen molar-refractivity contribution < 1.29 is 19.1 Å². The van der Waals surface area contributed by atoms with Crippen LogP contribution in [0.5, 0.6) is 5.75 Å². The predicted molar refractivity (Wildman–Crippen MR) is 114 cm³/mol. The Morgan fingerprint density at radius 2 is 1.50 bits per heavy atom. The van der Waals surface area contributed by atoms with Crippen LogP contribution in [0.3, 0.4) is 0 Å². The minimum atomic E-state index is -0.939. The molecule has 0 saturated heterocycles. The zero-order chi connectivity index (χ0) is 21.3. The fourth-order valence-corrected chi connectivity index (χ4v) is 2.47. The number of benzene rings is 3. The van der Waals surface area contributed by atoms with Crippen LogP contribution < -0.4 is 15.5 Å². The number of carbonyl (C=O) groups excluding carboxylic acids is 3. The second kappa shape index (κ2) is 9.99. The van der Waals surface area contributed by atoms with Crippen LogP contribution in [-0.4, -0.2) is 24.0 Å². The molecule has 0 unspecified atom stereocenters. The number of nitrogens with zero attached hydrogens (tertiary/aromatic N) is 1. The zero-order valence-corrected chi connectivity index (χ0v) is 16.3. The van der Waals surface area contributed by atoms with Crippen molar-refractivity contribution in [2.45, 2.75) is 0 Å². The summed E-state index contributed by atoms with van der Waals surface area (Å²) in [5.74, 6) is -2.13. The third-order valence-corrected chi connectivity index (χ3v) is 4.06. The number of hydrogen-bond acceptors (Lipinski definition) is 5. The smallest absolute Gasteiger partial charge is 0.343 e. The average Bonchev–Trinajstić information content (AvgIpc) is 2.76. The molecule has 0 aliphatic heterocycles. The molecule has 0 saturated carbocycles. The van der Waals surface area contributed by atoms with Gasteiger partial charge in [-0.3, -0.25) is 9.59 Å². The van der Waals surface area contributed by atoms with E-state index in [1.54, 1.807) is 78.9 Å². The summed E-state index contributed by atoms with van der Waals surface area (Å²) in [6.07, 6.45) is 1.28. The number of rotatable bonds is 5. The standard InChI is InChI=1S/C22H16ClN3O4/c23-17-12-10-15(11-13-17)22(29)30-19-9-5-4-6-16(19)14-24-26-21(28)20(27)25-18-7-2-1-3-8-18/h1-14H,(H,25,27)(H,26,28)/b24-14+. The Labute approximate surface area is 177 Å². The first-order chi connectivity index (χ1) is 14.5. The molecule has 0 fully saturated rings. The number of hydrogen-bond donors (Lipinski definition) is 2. The average molecular weight is 422 g/mol. The van der Waals surface area contributed by atoms with Gasteiger partial charge in [-0.2, -0.15) is 5.10 Å². The topological polar surface area (TPSA) is 96.9 Å². The molecule has 0 spiro atoms. The summed E-state index contributed by atoms with van der Waals surface area (Å²) in [7, 11) is 0. The normalized spacial score (nSPS) is 10.4. The van der Waals surface area contributed by atoms with Crippen molar-refractivity contribution >= 4 is 41.3 Å². The number of esters is 1. The van der Waals surface area contributed by atoms with Gasteiger partial charge in [0.1, 0.15) is 5.75 Å². The van der Waals surface area contributed by atoms with E-state index >= 15 is 0 Å². The van der Waals surface area contributed by atoms with E-state index in [-0.39, 0.29) is 5.75 Å². The van der Waals surface area contributed by atoms with E-state index in [1.807, 2.05) is 0 Å². The molecule has 30 heavy (non-hydrogen) atoms. The zero-order valence-electron chi connectivity index (χ0n) is 15.5. The molecule has 0 aromatic heterocycles. The fourth-order valence-electron chi connectivity index (χ4n) is 2.35. The molecule has 3 aromatic carbocycles. The minimum absolute atomic E-state index is 0.240. The first kappa shape index (κ1) is 20.8. The van der Waals surface area contributed by atoms with Gasteiger partial charge in [-0.15, -0.1) is 0 Å². The van der Waals surface area contributed by atoms with Gasteiger partial charge >= 0.3 is 17.8 Å². The molecule has 0 aliphatic rings. The lowest BCUT2D eigenvalue weighted by atomic mass is 10.2. The Morgan fingerprint density at radius 3 is 2.23 bits per heavy atom. The highest BCUT2D eigenvalue weighted by Crippen LogP contribution is 2.18. The Morgan fingerprint density at radius 1 is 0.833 bits per heavy atom. The fraction of sp³-hybridized carbons (Fsp3) is 0. The summed E-state index contributed by atoms with van der Waals surface area (Å²) < 4.78 is 5.39. The van der Waals surface area contributed by atoms with Crippen LogP contribution in [0.4, 0.5) is 5.69 Å². The number of halogens is 1. The van der Waals surface area contributed by atoms with Crippen molar-refractivity contribution in [3.63, 3.8) is 0 Å². The maximum absolute atomic E-state index is 12.3. The number of amides is 2. The Hall–Kier alpha value is -3.97. The molecule has 7 nitrogen and oxygen atoms in total. The van der Waals surface area contributed by atoms with Crippen LogP contribution in [0.15, 0.2) is 84.0 Å². The van der Waals surface area contributed by atoms with E-state index in [0.29, 0.717) is 21.8 Å². The second-order valence-corrected chi connectivity index (χ2v) is 6.39. The van der Waals surface area contributed by atoms with Gasteiger partial charge in [0, 0.05) is 16.3 Å². The summed E-state index contributed by atoms with van der Waals surface area (Å²) in [5, 5.41) is 6.71. The van der Waals surface area contributed by atoms with Crippen LogP contribution in [0, 0.1) is 0 Å². The van der Waals surface area contributed by atoms with Gasteiger partial charge in [0.2, 0.25) is 0 Å². The molecular formula is C22H16ClN3O4. The third kappa shape index (κ3) is 5.76.